The standard InChI is InChI=1S/C69H50O/c1-68(2)60-32-18-16-29-53(60)55-37-35-47(41-62(55)68)66-52-28-13-12-22-45(52)40-59-57-39-36-48(43-64(57)70-67(59)66)65(58-31-15-14-27-51(58)44-20-6-3-7-21-44)46-34-38-56-54-30-17-19-33-61(54)69(63(56)42-46,49-23-8-4-9-24-49)50-25-10-5-11-26-50/h3-43,59,65,67H,1-2H3. The zero-order valence-corrected chi connectivity index (χ0v) is 39.3. The Balaban J connectivity index is 0.951. The minimum absolute atomic E-state index is 0.0679. The zero-order valence-electron chi connectivity index (χ0n) is 39.3. The van der Waals surface area contributed by atoms with Crippen LogP contribution < -0.4 is 15.2 Å². The highest BCUT2D eigenvalue weighted by Crippen LogP contribution is 2.58. The van der Waals surface area contributed by atoms with E-state index in [1.807, 2.05) is 0 Å². The molecule has 3 atom stereocenters. The van der Waals surface area contributed by atoms with Crippen LogP contribution in [0.25, 0.3) is 45.0 Å². The predicted molar refractivity (Wildman–Crippen MR) is 287 cm³/mol. The Bertz CT molecular complexity index is 3800. The second-order valence-electron chi connectivity index (χ2n) is 20.2. The molecule has 0 saturated heterocycles. The zero-order chi connectivity index (χ0) is 46.6. The van der Waals surface area contributed by atoms with E-state index in [0.29, 0.717) is 0 Å². The molecule has 1 heteroatoms. The lowest BCUT2D eigenvalue weighted by atomic mass is 9.67. The van der Waals surface area contributed by atoms with Gasteiger partial charge >= 0.3 is 0 Å². The van der Waals surface area contributed by atoms with Crippen LogP contribution in [0.4, 0.5) is 0 Å². The maximum atomic E-state index is 7.44. The van der Waals surface area contributed by atoms with E-state index in [4.69, 9.17) is 4.74 Å². The van der Waals surface area contributed by atoms with Crippen LogP contribution >= 0.6 is 0 Å². The molecule has 4 aliphatic rings. The summed E-state index contributed by atoms with van der Waals surface area (Å²) in [5.41, 5.74) is 22.4. The first-order valence-corrected chi connectivity index (χ1v) is 24.8. The fourth-order valence-corrected chi connectivity index (χ4v) is 13.1. The maximum absolute atomic E-state index is 7.44. The Morgan fingerprint density at radius 2 is 0.971 bits per heavy atom. The molecule has 14 rings (SSSR count). The van der Waals surface area contributed by atoms with E-state index < -0.39 is 5.41 Å². The maximum Gasteiger partial charge on any atom is 0.135 e. The normalized spacial score (nSPS) is 17.4. The molecule has 1 aliphatic heterocycles. The third kappa shape index (κ3) is 5.91. The van der Waals surface area contributed by atoms with Crippen LogP contribution in [-0.4, -0.2) is 6.10 Å². The summed E-state index contributed by atoms with van der Waals surface area (Å²) in [5.74, 6) is 0.913. The molecule has 0 saturated carbocycles. The van der Waals surface area contributed by atoms with Crippen molar-refractivity contribution in [3.05, 3.63) is 314 Å². The molecule has 0 bridgehead atoms. The summed E-state index contributed by atoms with van der Waals surface area (Å²) in [4.78, 5) is 0. The molecule has 1 heterocycles. The first kappa shape index (κ1) is 40.8. The van der Waals surface area contributed by atoms with Crippen LogP contribution in [0, 0.1) is 0 Å². The summed E-state index contributed by atoms with van der Waals surface area (Å²) in [5, 5.41) is 2.51. The molecule has 10 aromatic rings. The van der Waals surface area contributed by atoms with Gasteiger partial charge in [-0.2, -0.15) is 0 Å². The third-order valence-electron chi connectivity index (χ3n) is 16.3. The van der Waals surface area contributed by atoms with Gasteiger partial charge in [0.15, 0.2) is 0 Å². The highest BCUT2D eigenvalue weighted by Gasteiger charge is 2.47. The minimum Gasteiger partial charge on any atom is -0.484 e. The largest absolute Gasteiger partial charge is 0.484 e. The average molecular weight is 895 g/mol. The Morgan fingerprint density at radius 3 is 1.73 bits per heavy atom. The van der Waals surface area contributed by atoms with Crippen molar-refractivity contribution in [2.24, 2.45) is 0 Å². The summed E-state index contributed by atoms with van der Waals surface area (Å²) >= 11 is 0. The van der Waals surface area contributed by atoms with Gasteiger partial charge in [0, 0.05) is 28.4 Å². The highest BCUT2D eigenvalue weighted by molar-refractivity contribution is 5.88. The molecule has 3 aliphatic carbocycles. The van der Waals surface area contributed by atoms with Crippen molar-refractivity contribution in [1.82, 2.24) is 0 Å². The van der Waals surface area contributed by atoms with Crippen LogP contribution in [0.3, 0.4) is 0 Å². The second-order valence-corrected chi connectivity index (χ2v) is 20.2. The van der Waals surface area contributed by atoms with Crippen molar-refractivity contribution in [2.75, 3.05) is 0 Å². The summed E-state index contributed by atoms with van der Waals surface area (Å²) in [6.07, 6.45) is 2.28. The van der Waals surface area contributed by atoms with E-state index in [1.165, 1.54) is 111 Å². The van der Waals surface area contributed by atoms with E-state index in [1.54, 1.807) is 0 Å². The predicted octanol–water partition coefficient (Wildman–Crippen LogP) is 14.7. The molecule has 0 radical (unpaired) electrons. The minimum atomic E-state index is -0.517. The van der Waals surface area contributed by atoms with Crippen LogP contribution in [-0.2, 0) is 10.8 Å². The van der Waals surface area contributed by atoms with Gasteiger partial charge in [-0.05, 0) is 112 Å². The number of ether oxygens (including phenoxy) is 1. The Labute approximate surface area is 410 Å². The van der Waals surface area contributed by atoms with Gasteiger partial charge in [-0.15, -0.1) is 0 Å². The van der Waals surface area contributed by atoms with Gasteiger partial charge in [-0.3, -0.25) is 0 Å². The molecular weight excluding hydrogens is 845 g/mol. The number of benzene rings is 10. The molecule has 0 amide bonds. The third-order valence-corrected chi connectivity index (χ3v) is 16.3. The summed E-state index contributed by atoms with van der Waals surface area (Å²) < 4.78 is 7.44. The molecule has 332 valence electrons. The first-order chi connectivity index (χ1) is 34.5. The highest BCUT2D eigenvalue weighted by atomic mass is 16.5. The number of hydrogen-bond donors (Lipinski definition) is 0. The van der Waals surface area contributed by atoms with E-state index in [9.17, 15) is 0 Å². The quantitative estimate of drug-likeness (QED) is 0.145. The van der Waals surface area contributed by atoms with Gasteiger partial charge in [0.1, 0.15) is 11.9 Å². The molecule has 0 aromatic heterocycles. The van der Waals surface area contributed by atoms with E-state index in [0.717, 1.165) is 5.75 Å². The molecule has 70 heavy (non-hydrogen) atoms. The van der Waals surface area contributed by atoms with Crippen LogP contribution in [0.1, 0.15) is 86.9 Å². The van der Waals surface area contributed by atoms with Gasteiger partial charge in [-0.25, -0.2) is 0 Å². The lowest BCUT2D eigenvalue weighted by molar-refractivity contribution is 0.281. The first-order valence-electron chi connectivity index (χ1n) is 24.8. The lowest BCUT2D eigenvalue weighted by Crippen LogP contribution is -2.39. The molecule has 0 fully saturated rings. The van der Waals surface area contributed by atoms with Crippen molar-refractivity contribution >= 4 is 11.6 Å². The lowest BCUT2D eigenvalue weighted by Gasteiger charge is -2.34. The smallest absolute Gasteiger partial charge is 0.135 e. The fraction of sp³-hybridized carbons (Fsp3) is 0.101. The average Bonchev–Trinajstić information content (AvgIpc) is 4.01. The molecule has 0 spiro atoms. The SMILES string of the molecule is CC1(C)c2ccccc2-c2ccc(C3=c4ccccc4=CC4c5ccc(C(c6ccc7c(c6)C(c6ccccc6)(c6ccccc6)c6ccccc6-7)c6ccccc6-c6ccccc6)cc5OC34)cc21. The summed E-state index contributed by atoms with van der Waals surface area (Å²) in [6.45, 7) is 4.74. The number of hydrogen-bond acceptors (Lipinski definition) is 1. The van der Waals surface area contributed by atoms with Crippen LogP contribution in [0.15, 0.2) is 243 Å². The molecule has 10 aromatic carbocycles. The van der Waals surface area contributed by atoms with Gasteiger partial charge in [0.2, 0.25) is 0 Å². The van der Waals surface area contributed by atoms with E-state index in [2.05, 4.69) is 263 Å². The molecule has 0 N–H and O–H groups in total. The Hall–Kier alpha value is -8.26. The molecule has 1 nitrogen and oxygen atoms in total. The second kappa shape index (κ2) is 15.6. The number of fused-ring (bicyclic) bond motifs is 10. The van der Waals surface area contributed by atoms with Crippen molar-refractivity contribution in [2.45, 2.75) is 42.6 Å². The summed E-state index contributed by atoms with van der Waals surface area (Å²) in [7, 11) is 0. The number of rotatable bonds is 7. The van der Waals surface area contributed by atoms with Crippen molar-refractivity contribution in [1.29, 1.82) is 0 Å². The Morgan fingerprint density at radius 1 is 0.414 bits per heavy atom. The Kier molecular flexibility index (Phi) is 9.11. The van der Waals surface area contributed by atoms with E-state index in [-0.39, 0.29) is 23.4 Å². The van der Waals surface area contributed by atoms with Crippen molar-refractivity contribution in [3.8, 4) is 39.1 Å². The van der Waals surface area contributed by atoms with Gasteiger partial charge in [0.25, 0.3) is 0 Å². The molecule has 3 unspecified atom stereocenters. The molecular formula is C69H50O. The van der Waals surface area contributed by atoms with Gasteiger partial charge < -0.3 is 4.74 Å². The van der Waals surface area contributed by atoms with Crippen LogP contribution in [0.5, 0.6) is 5.75 Å². The van der Waals surface area contributed by atoms with E-state index >= 15 is 0 Å². The fourth-order valence-electron chi connectivity index (χ4n) is 13.1. The van der Waals surface area contributed by atoms with Gasteiger partial charge in [0.05, 0.1) is 5.41 Å². The van der Waals surface area contributed by atoms with Crippen molar-refractivity contribution in [3.63, 3.8) is 0 Å². The topological polar surface area (TPSA) is 9.23 Å². The summed E-state index contributed by atoms with van der Waals surface area (Å²) in [6, 6.07) is 90.7. The van der Waals surface area contributed by atoms with Crippen LogP contribution in [0.2, 0.25) is 0 Å². The van der Waals surface area contributed by atoms with Crippen molar-refractivity contribution < 1.29 is 4.74 Å². The van der Waals surface area contributed by atoms with Gasteiger partial charge in [-0.1, -0.05) is 250 Å². The monoisotopic (exact) mass is 894 g/mol.